The number of ether oxygens (including phenoxy) is 4. The standard InChI is InChI=1S/C81H154O17P2/c1-5-9-13-17-21-25-28-31-34-36-37-38-40-43-46-49-52-56-60-64-68-81(86)98-77(72-92-79(84)66-62-58-54-50-47-44-42-39-35-32-29-26-22-18-14-10-6-2)74-96-100(89,90)94-70-75(82)69-93-99(87,88)95-73-76(71-91-78(83)65-61-57-53-24-20-16-12-8-4)97-80(85)67-63-59-55-51-48-45-41-33-30-27-23-19-15-11-7-3/h27,30,33,41,75-77,82H,5-26,28-29,31-32,34-40,42-74H2,1-4H3,(H,87,88)(H,89,90)/b30-27-,41-33-/t75-,76+,77+/m0/s1. The molecule has 590 valence electrons. The summed E-state index contributed by atoms with van der Waals surface area (Å²) in [5.74, 6) is -2.14. The molecule has 5 atom stereocenters. The van der Waals surface area contributed by atoms with Crippen molar-refractivity contribution >= 4 is 39.5 Å². The smallest absolute Gasteiger partial charge is 0.462 e. The molecule has 0 saturated heterocycles. The Hall–Kier alpha value is -2.46. The van der Waals surface area contributed by atoms with Crippen molar-refractivity contribution in [3.8, 4) is 0 Å². The van der Waals surface area contributed by atoms with Crippen molar-refractivity contribution in [3.63, 3.8) is 0 Å². The molecule has 0 aromatic rings. The van der Waals surface area contributed by atoms with Gasteiger partial charge in [0.2, 0.25) is 0 Å². The first-order valence-corrected chi connectivity index (χ1v) is 44.6. The molecule has 0 aromatic carbocycles. The van der Waals surface area contributed by atoms with Crippen LogP contribution in [0.2, 0.25) is 0 Å². The maximum absolute atomic E-state index is 13.1. The van der Waals surface area contributed by atoms with Crippen LogP contribution < -0.4 is 0 Å². The van der Waals surface area contributed by atoms with Crippen LogP contribution in [0.3, 0.4) is 0 Å². The van der Waals surface area contributed by atoms with Gasteiger partial charge in [0.25, 0.3) is 0 Å². The number of carbonyl (C=O) groups is 4. The molecule has 0 aromatic heterocycles. The number of phosphoric ester groups is 2. The van der Waals surface area contributed by atoms with Crippen LogP contribution in [0.4, 0.5) is 0 Å². The van der Waals surface area contributed by atoms with Crippen molar-refractivity contribution in [2.75, 3.05) is 39.6 Å². The lowest BCUT2D eigenvalue weighted by molar-refractivity contribution is -0.161. The minimum Gasteiger partial charge on any atom is -0.462 e. The number of allylic oxidation sites excluding steroid dienone is 4. The number of aliphatic hydroxyl groups excluding tert-OH is 1. The van der Waals surface area contributed by atoms with Gasteiger partial charge in [0, 0.05) is 25.7 Å². The monoisotopic (exact) mass is 1460 g/mol. The van der Waals surface area contributed by atoms with Crippen LogP contribution in [-0.4, -0.2) is 96.7 Å². The summed E-state index contributed by atoms with van der Waals surface area (Å²) < 4.78 is 68.6. The van der Waals surface area contributed by atoms with Gasteiger partial charge in [-0.05, 0) is 51.4 Å². The lowest BCUT2D eigenvalue weighted by Gasteiger charge is -2.21. The van der Waals surface area contributed by atoms with E-state index in [1.165, 1.54) is 225 Å². The molecule has 0 rings (SSSR count). The summed E-state index contributed by atoms with van der Waals surface area (Å²) >= 11 is 0. The Morgan fingerprint density at radius 2 is 0.480 bits per heavy atom. The van der Waals surface area contributed by atoms with Crippen molar-refractivity contribution in [2.45, 2.75) is 431 Å². The van der Waals surface area contributed by atoms with E-state index >= 15 is 0 Å². The van der Waals surface area contributed by atoms with Gasteiger partial charge in [-0.2, -0.15) is 0 Å². The Morgan fingerprint density at radius 3 is 0.730 bits per heavy atom. The summed E-state index contributed by atoms with van der Waals surface area (Å²) in [5, 5.41) is 10.6. The third-order valence-corrected chi connectivity index (χ3v) is 20.4. The molecule has 17 nitrogen and oxygen atoms in total. The first kappa shape index (κ1) is 97.5. The van der Waals surface area contributed by atoms with Gasteiger partial charge in [0.15, 0.2) is 12.2 Å². The van der Waals surface area contributed by atoms with Gasteiger partial charge in [-0.15, -0.1) is 0 Å². The quantitative estimate of drug-likeness (QED) is 0.0169. The molecular weight excluding hydrogens is 1310 g/mol. The summed E-state index contributed by atoms with van der Waals surface area (Å²) in [7, 11) is -9.93. The maximum atomic E-state index is 13.1. The number of hydrogen-bond acceptors (Lipinski definition) is 15. The molecule has 100 heavy (non-hydrogen) atoms. The van der Waals surface area contributed by atoms with E-state index in [-0.39, 0.29) is 25.7 Å². The molecule has 0 saturated carbocycles. The fourth-order valence-corrected chi connectivity index (χ4v) is 13.7. The van der Waals surface area contributed by atoms with Gasteiger partial charge >= 0.3 is 39.5 Å². The Labute approximate surface area is 612 Å². The predicted octanol–water partition coefficient (Wildman–Crippen LogP) is 24.1. The van der Waals surface area contributed by atoms with E-state index in [1.54, 1.807) is 0 Å². The molecule has 0 fully saturated rings. The second-order valence-corrected chi connectivity index (χ2v) is 31.4. The number of unbranched alkanes of at least 4 members (excludes halogenated alkanes) is 51. The summed E-state index contributed by atoms with van der Waals surface area (Å²) in [4.78, 5) is 72.9. The zero-order chi connectivity index (χ0) is 73.2. The highest BCUT2D eigenvalue weighted by Gasteiger charge is 2.30. The van der Waals surface area contributed by atoms with Crippen LogP contribution in [0, 0.1) is 0 Å². The number of aliphatic hydroxyl groups is 1. The summed E-state index contributed by atoms with van der Waals surface area (Å²) in [5.41, 5.74) is 0. The van der Waals surface area contributed by atoms with Gasteiger partial charge in [-0.25, -0.2) is 9.13 Å². The van der Waals surface area contributed by atoms with E-state index < -0.39 is 97.5 Å². The van der Waals surface area contributed by atoms with E-state index in [0.29, 0.717) is 25.7 Å². The van der Waals surface area contributed by atoms with E-state index in [1.807, 2.05) is 0 Å². The van der Waals surface area contributed by atoms with Gasteiger partial charge in [-0.1, -0.05) is 360 Å². The van der Waals surface area contributed by atoms with Crippen molar-refractivity contribution in [1.29, 1.82) is 0 Å². The molecule has 0 amide bonds. The highest BCUT2D eigenvalue weighted by molar-refractivity contribution is 7.47. The fourth-order valence-electron chi connectivity index (χ4n) is 12.1. The van der Waals surface area contributed by atoms with Crippen molar-refractivity contribution < 1.29 is 80.2 Å². The molecule has 0 aliphatic carbocycles. The number of phosphoric acid groups is 2. The van der Waals surface area contributed by atoms with Crippen LogP contribution in [0.15, 0.2) is 24.3 Å². The molecule has 19 heteroatoms. The highest BCUT2D eigenvalue weighted by atomic mass is 31.2. The third kappa shape index (κ3) is 73.8. The van der Waals surface area contributed by atoms with Crippen LogP contribution >= 0.6 is 15.6 Å². The molecular formula is C81H154O17P2. The highest BCUT2D eigenvalue weighted by Crippen LogP contribution is 2.45. The van der Waals surface area contributed by atoms with Crippen molar-refractivity contribution in [3.05, 3.63) is 24.3 Å². The zero-order valence-electron chi connectivity index (χ0n) is 64.7. The normalized spacial score (nSPS) is 13.9. The minimum atomic E-state index is -4.96. The summed E-state index contributed by atoms with van der Waals surface area (Å²) in [6.45, 7) is 4.93. The van der Waals surface area contributed by atoms with Gasteiger partial charge < -0.3 is 33.8 Å². The van der Waals surface area contributed by atoms with Crippen LogP contribution in [0.1, 0.15) is 413 Å². The van der Waals surface area contributed by atoms with Crippen molar-refractivity contribution in [1.82, 2.24) is 0 Å². The average Bonchev–Trinajstić information content (AvgIpc) is 0.939. The maximum Gasteiger partial charge on any atom is 0.472 e. The van der Waals surface area contributed by atoms with Gasteiger partial charge in [0.05, 0.1) is 26.4 Å². The molecule has 2 unspecified atom stereocenters. The third-order valence-electron chi connectivity index (χ3n) is 18.5. The van der Waals surface area contributed by atoms with Gasteiger partial charge in [-0.3, -0.25) is 37.3 Å². The molecule has 3 N–H and O–H groups in total. The Kier molecular flexibility index (Phi) is 73.0. The van der Waals surface area contributed by atoms with E-state index in [9.17, 15) is 43.2 Å². The second kappa shape index (κ2) is 74.8. The average molecular weight is 1460 g/mol. The lowest BCUT2D eigenvalue weighted by atomic mass is 10.0. The Balaban J connectivity index is 5.22. The number of esters is 4. The molecule has 0 spiro atoms. The fraction of sp³-hybridized carbons (Fsp3) is 0.901. The first-order valence-electron chi connectivity index (χ1n) is 41.6. The Bertz CT molecular complexity index is 1990. The van der Waals surface area contributed by atoms with E-state index in [2.05, 4.69) is 52.0 Å². The molecule has 0 bridgehead atoms. The van der Waals surface area contributed by atoms with Gasteiger partial charge in [0.1, 0.15) is 19.3 Å². The molecule has 0 aliphatic rings. The van der Waals surface area contributed by atoms with Crippen LogP contribution in [0.5, 0.6) is 0 Å². The predicted molar refractivity (Wildman–Crippen MR) is 409 cm³/mol. The number of carbonyl (C=O) groups excluding carboxylic acids is 4. The second-order valence-electron chi connectivity index (χ2n) is 28.5. The van der Waals surface area contributed by atoms with Crippen molar-refractivity contribution in [2.24, 2.45) is 0 Å². The van der Waals surface area contributed by atoms with E-state index in [0.717, 1.165) is 109 Å². The summed E-state index contributed by atoms with van der Waals surface area (Å²) in [6, 6.07) is 0. The zero-order valence-corrected chi connectivity index (χ0v) is 66.5. The number of rotatable bonds is 80. The molecule has 0 aliphatic heterocycles. The molecule has 0 radical (unpaired) electrons. The lowest BCUT2D eigenvalue weighted by Crippen LogP contribution is -2.30. The molecule has 0 heterocycles. The van der Waals surface area contributed by atoms with Crippen LogP contribution in [0.25, 0.3) is 0 Å². The SMILES string of the molecule is CCCCCC/C=C\C=C/CCCCCCCC(=O)O[C@H](COC(=O)CCCCCCCCCC)COP(=O)(O)OC[C@H](O)COP(=O)(O)OC[C@@H](COC(=O)CCCCCCCCCCCCCCCCCCC)OC(=O)CCCCCCCCCCCCCCCCCCCCCC. The van der Waals surface area contributed by atoms with Crippen LogP contribution in [-0.2, 0) is 65.4 Å². The van der Waals surface area contributed by atoms with E-state index in [4.69, 9.17) is 37.0 Å². The Morgan fingerprint density at radius 1 is 0.280 bits per heavy atom. The number of hydrogen-bond donors (Lipinski definition) is 3. The first-order chi connectivity index (χ1) is 48.7. The topological polar surface area (TPSA) is 237 Å². The largest absolute Gasteiger partial charge is 0.472 e. The summed E-state index contributed by atoms with van der Waals surface area (Å²) in [6.07, 6.45) is 70.3. The minimum absolute atomic E-state index is 0.0855.